The van der Waals surface area contributed by atoms with Gasteiger partial charge in [-0.2, -0.15) is 0 Å². The van der Waals surface area contributed by atoms with Gasteiger partial charge in [0, 0.05) is 0 Å². The number of carbonyl (C=O) groups is 1. The summed E-state index contributed by atoms with van der Waals surface area (Å²) in [4.78, 5) is 12.2. The molecule has 38 heavy (non-hydrogen) atoms. The molecule has 0 heterocycles. The van der Waals surface area contributed by atoms with E-state index in [9.17, 15) is 4.79 Å². The van der Waals surface area contributed by atoms with Gasteiger partial charge in [-0.25, -0.2) is 4.79 Å². The van der Waals surface area contributed by atoms with Crippen molar-refractivity contribution in [3.8, 4) is 11.5 Å². The zero-order chi connectivity index (χ0) is 26.3. The summed E-state index contributed by atoms with van der Waals surface area (Å²) in [6.45, 7) is 2.68. The monoisotopic (exact) mass is 510 g/mol. The molecule has 0 fully saturated rings. The van der Waals surface area contributed by atoms with Crippen LogP contribution in [0.1, 0.15) is 22.3 Å². The van der Waals surface area contributed by atoms with Gasteiger partial charge in [-0.1, -0.05) is 84.9 Å². The first-order valence-corrected chi connectivity index (χ1v) is 13.1. The van der Waals surface area contributed by atoms with E-state index in [0.29, 0.717) is 37.9 Å². The molecule has 0 aliphatic rings. The standard InChI is InChI=1S/C33H34O5/c34-33(37-31-15-11-29(12-16-31)21-25-35-23-19-27-7-3-1-4-8-27)38-32-17-13-30(14-18-32)22-26-36-24-20-28-9-5-2-6-10-28/h1-18H,19-26H2. The van der Waals surface area contributed by atoms with Crippen molar-refractivity contribution in [1.82, 2.24) is 0 Å². The highest BCUT2D eigenvalue weighted by atomic mass is 16.7. The molecule has 0 unspecified atom stereocenters. The Hall–Kier alpha value is -3.93. The van der Waals surface area contributed by atoms with E-state index in [-0.39, 0.29) is 0 Å². The molecule has 0 bridgehead atoms. The molecule has 5 heteroatoms. The average Bonchev–Trinajstić information content (AvgIpc) is 2.95. The van der Waals surface area contributed by atoms with Crippen LogP contribution in [0.3, 0.4) is 0 Å². The third-order valence-electron chi connectivity index (χ3n) is 6.08. The molecule has 0 amide bonds. The second-order valence-electron chi connectivity index (χ2n) is 8.94. The Morgan fingerprint density at radius 2 is 0.737 bits per heavy atom. The summed E-state index contributed by atoms with van der Waals surface area (Å²) in [6, 6.07) is 35.4. The van der Waals surface area contributed by atoms with Crippen LogP contribution in [0, 0.1) is 0 Å². The van der Waals surface area contributed by atoms with Crippen LogP contribution in [0.2, 0.25) is 0 Å². The zero-order valence-electron chi connectivity index (χ0n) is 21.6. The van der Waals surface area contributed by atoms with E-state index in [1.165, 1.54) is 11.1 Å². The largest absolute Gasteiger partial charge is 0.519 e. The van der Waals surface area contributed by atoms with Crippen molar-refractivity contribution in [1.29, 1.82) is 0 Å². The van der Waals surface area contributed by atoms with Gasteiger partial charge in [0.25, 0.3) is 0 Å². The fraction of sp³-hybridized carbons (Fsp3) is 0.242. The third-order valence-corrected chi connectivity index (χ3v) is 6.08. The van der Waals surface area contributed by atoms with E-state index in [2.05, 4.69) is 24.3 Å². The molecule has 0 aliphatic carbocycles. The summed E-state index contributed by atoms with van der Waals surface area (Å²) in [5, 5.41) is 0. The average molecular weight is 511 g/mol. The maximum Gasteiger partial charge on any atom is 0.519 e. The first kappa shape index (κ1) is 27.1. The molecular formula is C33H34O5. The normalized spacial score (nSPS) is 10.7. The Kier molecular flexibility index (Phi) is 11.0. The van der Waals surface area contributed by atoms with E-state index in [1.807, 2.05) is 60.7 Å². The van der Waals surface area contributed by atoms with Gasteiger partial charge >= 0.3 is 6.16 Å². The molecule has 4 aromatic rings. The van der Waals surface area contributed by atoms with Crippen molar-refractivity contribution in [3.63, 3.8) is 0 Å². The van der Waals surface area contributed by atoms with Crippen molar-refractivity contribution in [3.05, 3.63) is 131 Å². The molecule has 4 rings (SSSR count). The van der Waals surface area contributed by atoms with Crippen molar-refractivity contribution < 1.29 is 23.7 Å². The predicted octanol–water partition coefficient (Wildman–Crippen LogP) is 6.87. The second-order valence-corrected chi connectivity index (χ2v) is 8.94. The number of rotatable bonds is 14. The predicted molar refractivity (Wildman–Crippen MR) is 149 cm³/mol. The Morgan fingerprint density at radius 3 is 1.08 bits per heavy atom. The van der Waals surface area contributed by atoms with Gasteiger partial charge in [-0.05, 0) is 72.2 Å². The molecule has 196 valence electrons. The fourth-order valence-electron chi connectivity index (χ4n) is 3.92. The SMILES string of the molecule is O=C(Oc1ccc(CCOCCc2ccccc2)cc1)Oc1ccc(CCOCCc2ccccc2)cc1. The van der Waals surface area contributed by atoms with Gasteiger partial charge in [-0.3, -0.25) is 0 Å². The maximum absolute atomic E-state index is 12.2. The summed E-state index contributed by atoms with van der Waals surface area (Å²) in [6.07, 6.45) is 2.64. The van der Waals surface area contributed by atoms with E-state index in [0.717, 1.165) is 36.8 Å². The number of hydrogen-bond donors (Lipinski definition) is 0. The van der Waals surface area contributed by atoms with Crippen LogP contribution >= 0.6 is 0 Å². The maximum atomic E-state index is 12.2. The van der Waals surface area contributed by atoms with E-state index in [1.54, 1.807) is 24.3 Å². The van der Waals surface area contributed by atoms with Crippen LogP contribution in [0.15, 0.2) is 109 Å². The van der Waals surface area contributed by atoms with Gasteiger partial charge in [0.05, 0.1) is 26.4 Å². The minimum Gasteiger partial charge on any atom is -0.395 e. The number of ether oxygens (including phenoxy) is 4. The zero-order valence-corrected chi connectivity index (χ0v) is 21.6. The summed E-state index contributed by atoms with van der Waals surface area (Å²) in [5.74, 6) is 0.876. The first-order valence-electron chi connectivity index (χ1n) is 13.1. The van der Waals surface area contributed by atoms with Gasteiger partial charge in [-0.15, -0.1) is 0 Å². The van der Waals surface area contributed by atoms with Gasteiger partial charge in [0.15, 0.2) is 0 Å². The number of benzene rings is 4. The molecule has 0 N–H and O–H groups in total. The summed E-state index contributed by atoms with van der Waals surface area (Å²) in [5.41, 5.74) is 4.78. The van der Waals surface area contributed by atoms with Crippen LogP contribution in [0.4, 0.5) is 4.79 Å². The third kappa shape index (κ3) is 9.85. The Labute approximate surface area is 225 Å². The second kappa shape index (κ2) is 15.4. The highest BCUT2D eigenvalue weighted by Crippen LogP contribution is 2.17. The van der Waals surface area contributed by atoms with E-state index in [4.69, 9.17) is 18.9 Å². The van der Waals surface area contributed by atoms with Crippen LogP contribution < -0.4 is 9.47 Å². The summed E-state index contributed by atoms with van der Waals surface area (Å²) in [7, 11) is 0. The molecule has 0 saturated heterocycles. The van der Waals surface area contributed by atoms with Crippen molar-refractivity contribution in [2.45, 2.75) is 25.7 Å². The molecule has 0 atom stereocenters. The molecule has 0 spiro atoms. The highest BCUT2D eigenvalue weighted by Gasteiger charge is 2.08. The lowest BCUT2D eigenvalue weighted by molar-refractivity contribution is 0.140. The van der Waals surface area contributed by atoms with Crippen LogP contribution in [0.25, 0.3) is 0 Å². The first-order chi connectivity index (χ1) is 18.7. The Balaban J connectivity index is 1.09. The van der Waals surface area contributed by atoms with Gasteiger partial charge < -0.3 is 18.9 Å². The van der Waals surface area contributed by atoms with Crippen molar-refractivity contribution >= 4 is 6.16 Å². The van der Waals surface area contributed by atoms with Crippen LogP contribution in [-0.2, 0) is 35.2 Å². The number of carbonyl (C=O) groups excluding carboxylic acids is 1. The fourth-order valence-corrected chi connectivity index (χ4v) is 3.92. The lowest BCUT2D eigenvalue weighted by Crippen LogP contribution is -2.13. The van der Waals surface area contributed by atoms with Crippen molar-refractivity contribution in [2.75, 3.05) is 26.4 Å². The van der Waals surface area contributed by atoms with E-state index >= 15 is 0 Å². The highest BCUT2D eigenvalue weighted by molar-refractivity contribution is 5.67. The minimum absolute atomic E-state index is 0.438. The lowest BCUT2D eigenvalue weighted by Gasteiger charge is -2.08. The number of hydrogen-bond acceptors (Lipinski definition) is 5. The molecule has 0 saturated carbocycles. The van der Waals surface area contributed by atoms with E-state index < -0.39 is 6.16 Å². The molecule has 4 aromatic carbocycles. The molecule has 0 aliphatic heterocycles. The molecule has 0 radical (unpaired) electrons. The molecule has 5 nitrogen and oxygen atoms in total. The molecular weight excluding hydrogens is 476 g/mol. The smallest absolute Gasteiger partial charge is 0.395 e. The summed E-state index contributed by atoms with van der Waals surface area (Å²) >= 11 is 0. The van der Waals surface area contributed by atoms with Crippen molar-refractivity contribution in [2.24, 2.45) is 0 Å². The minimum atomic E-state index is -0.765. The Bertz CT molecular complexity index is 1110. The van der Waals surface area contributed by atoms with Gasteiger partial charge in [0.1, 0.15) is 11.5 Å². The topological polar surface area (TPSA) is 54.0 Å². The van der Waals surface area contributed by atoms with Crippen LogP contribution in [0.5, 0.6) is 11.5 Å². The Morgan fingerprint density at radius 1 is 0.421 bits per heavy atom. The molecule has 0 aromatic heterocycles. The quantitative estimate of drug-likeness (QED) is 0.105. The van der Waals surface area contributed by atoms with Crippen LogP contribution in [-0.4, -0.2) is 32.6 Å². The lowest BCUT2D eigenvalue weighted by atomic mass is 10.1. The summed E-state index contributed by atoms with van der Waals surface area (Å²) < 4.78 is 22.1. The van der Waals surface area contributed by atoms with Gasteiger partial charge in [0.2, 0.25) is 0 Å².